The maximum Gasteiger partial charge on any atom is 0.269 e. The van der Waals surface area contributed by atoms with Crippen molar-refractivity contribution < 1.29 is 14.4 Å². The summed E-state index contributed by atoms with van der Waals surface area (Å²) in [6.07, 6.45) is 3.25. The van der Waals surface area contributed by atoms with E-state index in [-0.39, 0.29) is 17.9 Å². The minimum Gasteiger partial charge on any atom is -0.387 e. The Labute approximate surface area is 162 Å². The molecule has 144 valence electrons. The van der Waals surface area contributed by atoms with Gasteiger partial charge in [-0.1, -0.05) is 42.1 Å². The molecule has 4 rings (SSSR count). The Hall–Kier alpha value is -3.42. The molecule has 0 spiro atoms. The highest BCUT2D eigenvalue weighted by Crippen LogP contribution is 2.27. The van der Waals surface area contributed by atoms with E-state index in [1.807, 2.05) is 35.0 Å². The molecule has 2 aliphatic rings. The van der Waals surface area contributed by atoms with E-state index in [1.54, 1.807) is 11.1 Å². The largest absolute Gasteiger partial charge is 0.387 e. The van der Waals surface area contributed by atoms with E-state index in [4.69, 9.17) is 4.84 Å². The zero-order valence-electron chi connectivity index (χ0n) is 15.4. The Balaban J connectivity index is 1.36. The van der Waals surface area contributed by atoms with Gasteiger partial charge in [0.2, 0.25) is 5.91 Å². The van der Waals surface area contributed by atoms with Gasteiger partial charge in [-0.3, -0.25) is 14.3 Å². The number of rotatable bonds is 5. The van der Waals surface area contributed by atoms with Crippen molar-refractivity contribution in [2.24, 2.45) is 5.16 Å². The first-order valence-corrected chi connectivity index (χ1v) is 9.16. The van der Waals surface area contributed by atoms with Crippen LogP contribution in [0.2, 0.25) is 0 Å². The Morgan fingerprint density at radius 1 is 1.29 bits per heavy atom. The van der Waals surface area contributed by atoms with Crippen LogP contribution < -0.4 is 5.32 Å². The lowest BCUT2D eigenvalue weighted by molar-refractivity contribution is -0.127. The van der Waals surface area contributed by atoms with Gasteiger partial charge in [-0.15, -0.1) is 0 Å². The molecule has 1 aromatic carbocycles. The molecule has 0 fully saturated rings. The summed E-state index contributed by atoms with van der Waals surface area (Å²) in [7, 11) is 0. The van der Waals surface area contributed by atoms with Gasteiger partial charge in [0, 0.05) is 25.1 Å². The summed E-state index contributed by atoms with van der Waals surface area (Å²) < 4.78 is 1.87. The molecule has 8 nitrogen and oxygen atoms in total. The Kier molecular flexibility index (Phi) is 4.92. The fourth-order valence-electron chi connectivity index (χ4n) is 3.40. The van der Waals surface area contributed by atoms with Crippen LogP contribution in [0.25, 0.3) is 0 Å². The summed E-state index contributed by atoms with van der Waals surface area (Å²) in [5.41, 5.74) is 3.17. The average molecular weight is 379 g/mol. The summed E-state index contributed by atoms with van der Waals surface area (Å²) in [5, 5.41) is 11.2. The van der Waals surface area contributed by atoms with Crippen molar-refractivity contribution in [1.82, 2.24) is 20.0 Å². The van der Waals surface area contributed by atoms with E-state index in [0.717, 1.165) is 16.8 Å². The molecule has 0 saturated heterocycles. The number of fused-ring (bicyclic) bond motifs is 1. The molecule has 2 aliphatic heterocycles. The number of hydrogen-bond acceptors (Lipinski definition) is 5. The Bertz CT molecular complexity index is 935. The summed E-state index contributed by atoms with van der Waals surface area (Å²) in [6.45, 7) is 5.54. The molecule has 0 bridgehead atoms. The van der Waals surface area contributed by atoms with Crippen LogP contribution in [0.5, 0.6) is 0 Å². The van der Waals surface area contributed by atoms with E-state index in [2.05, 4.69) is 22.2 Å². The van der Waals surface area contributed by atoms with Crippen molar-refractivity contribution in [2.45, 2.75) is 32.2 Å². The molecule has 2 amide bonds. The lowest BCUT2D eigenvalue weighted by Crippen LogP contribution is -2.38. The minimum absolute atomic E-state index is 0.105. The molecule has 1 atom stereocenters. The highest BCUT2D eigenvalue weighted by molar-refractivity contribution is 6.39. The molecule has 0 radical (unpaired) electrons. The standard InChI is InChI=1S/C20H21N5O3/c1-2-19(26)24-8-9-25-17(13-24)15(12-22-25)11-21-20(27)16-10-18(28-23-16)14-6-4-3-5-7-14/h2-7,12,18H,1,8-11,13H2,(H,21,27). The molecule has 28 heavy (non-hydrogen) atoms. The first-order chi connectivity index (χ1) is 13.7. The van der Waals surface area contributed by atoms with E-state index in [0.29, 0.717) is 38.3 Å². The normalized spacial score (nSPS) is 18.1. The maximum atomic E-state index is 12.5. The van der Waals surface area contributed by atoms with Gasteiger partial charge in [0.25, 0.3) is 5.91 Å². The SMILES string of the molecule is C=CC(=O)N1CCn2ncc(CNC(=O)C3=NOC(c4ccccc4)C3)c2C1. The molecule has 0 aliphatic carbocycles. The van der Waals surface area contributed by atoms with E-state index >= 15 is 0 Å². The van der Waals surface area contributed by atoms with Gasteiger partial charge in [-0.25, -0.2) is 0 Å². The summed E-state index contributed by atoms with van der Waals surface area (Å²) in [4.78, 5) is 31.5. The number of amides is 2. The van der Waals surface area contributed by atoms with Crippen LogP contribution in [0.15, 0.2) is 54.3 Å². The second kappa shape index (κ2) is 7.67. The predicted molar refractivity (Wildman–Crippen MR) is 102 cm³/mol. The highest BCUT2D eigenvalue weighted by Gasteiger charge is 2.28. The molecule has 8 heteroatoms. The first kappa shape index (κ1) is 18.0. The average Bonchev–Trinajstić information content (AvgIpc) is 3.39. The topological polar surface area (TPSA) is 88.8 Å². The molecule has 1 N–H and O–H groups in total. The van der Waals surface area contributed by atoms with Crippen LogP contribution >= 0.6 is 0 Å². The summed E-state index contributed by atoms with van der Waals surface area (Å²) in [5.74, 6) is -0.361. The van der Waals surface area contributed by atoms with E-state index < -0.39 is 0 Å². The fourth-order valence-corrected chi connectivity index (χ4v) is 3.40. The van der Waals surface area contributed by atoms with Gasteiger partial charge < -0.3 is 15.1 Å². The number of carbonyl (C=O) groups is 2. The number of oxime groups is 1. The smallest absolute Gasteiger partial charge is 0.269 e. The number of carbonyl (C=O) groups excluding carboxylic acids is 2. The van der Waals surface area contributed by atoms with Gasteiger partial charge in [0.1, 0.15) is 5.71 Å². The highest BCUT2D eigenvalue weighted by atomic mass is 16.6. The van der Waals surface area contributed by atoms with Crippen molar-refractivity contribution in [3.63, 3.8) is 0 Å². The van der Waals surface area contributed by atoms with Crippen molar-refractivity contribution in [2.75, 3.05) is 6.54 Å². The third kappa shape index (κ3) is 3.53. The van der Waals surface area contributed by atoms with Crippen LogP contribution in [-0.2, 0) is 34.1 Å². The van der Waals surface area contributed by atoms with Crippen LogP contribution in [-0.4, -0.2) is 38.8 Å². The fraction of sp³-hybridized carbons (Fsp3) is 0.300. The summed E-state index contributed by atoms with van der Waals surface area (Å²) in [6, 6.07) is 9.71. The molecule has 1 unspecified atom stereocenters. The second-order valence-electron chi connectivity index (χ2n) is 6.73. The second-order valence-corrected chi connectivity index (χ2v) is 6.73. The van der Waals surface area contributed by atoms with Gasteiger partial charge in [-0.05, 0) is 11.6 Å². The van der Waals surface area contributed by atoms with Crippen molar-refractivity contribution >= 4 is 17.5 Å². The van der Waals surface area contributed by atoms with Gasteiger partial charge in [0.15, 0.2) is 6.10 Å². The van der Waals surface area contributed by atoms with Crippen molar-refractivity contribution in [3.05, 3.63) is 66.0 Å². The predicted octanol–water partition coefficient (Wildman–Crippen LogP) is 1.55. The molecule has 0 saturated carbocycles. The quantitative estimate of drug-likeness (QED) is 0.798. The molecule has 1 aromatic heterocycles. The third-order valence-corrected chi connectivity index (χ3v) is 4.99. The maximum absolute atomic E-state index is 12.5. The molecule has 2 aromatic rings. The minimum atomic E-state index is -0.256. The Morgan fingerprint density at radius 3 is 2.89 bits per heavy atom. The van der Waals surface area contributed by atoms with Gasteiger partial charge in [-0.2, -0.15) is 5.10 Å². The van der Waals surface area contributed by atoms with Crippen LogP contribution in [0.1, 0.15) is 29.3 Å². The number of nitrogens with one attached hydrogen (secondary N) is 1. The zero-order chi connectivity index (χ0) is 19.5. The number of hydrogen-bond donors (Lipinski definition) is 1. The number of nitrogens with zero attached hydrogens (tertiary/aromatic N) is 4. The monoisotopic (exact) mass is 379 g/mol. The van der Waals surface area contributed by atoms with Crippen molar-refractivity contribution in [1.29, 1.82) is 0 Å². The van der Waals surface area contributed by atoms with Crippen molar-refractivity contribution in [3.8, 4) is 0 Å². The van der Waals surface area contributed by atoms with Gasteiger partial charge in [0.05, 0.1) is 25.0 Å². The summed E-state index contributed by atoms with van der Waals surface area (Å²) >= 11 is 0. The molecule has 3 heterocycles. The van der Waals surface area contributed by atoms with E-state index in [1.165, 1.54) is 6.08 Å². The third-order valence-electron chi connectivity index (χ3n) is 4.99. The lowest BCUT2D eigenvalue weighted by Gasteiger charge is -2.27. The number of benzene rings is 1. The molecular formula is C20H21N5O3. The van der Waals surface area contributed by atoms with Crippen LogP contribution in [0.3, 0.4) is 0 Å². The number of aromatic nitrogens is 2. The Morgan fingerprint density at radius 2 is 2.11 bits per heavy atom. The van der Waals surface area contributed by atoms with Crippen LogP contribution in [0.4, 0.5) is 0 Å². The van der Waals surface area contributed by atoms with Crippen LogP contribution in [0, 0.1) is 0 Å². The molecular weight excluding hydrogens is 358 g/mol. The first-order valence-electron chi connectivity index (χ1n) is 9.16. The zero-order valence-corrected chi connectivity index (χ0v) is 15.4. The van der Waals surface area contributed by atoms with E-state index in [9.17, 15) is 9.59 Å². The van der Waals surface area contributed by atoms with Gasteiger partial charge >= 0.3 is 0 Å². The lowest BCUT2D eigenvalue weighted by atomic mass is 10.0.